The van der Waals surface area contributed by atoms with Crippen molar-refractivity contribution < 1.29 is 24.2 Å². The molecular weight excluding hydrogens is 410 g/mol. The van der Waals surface area contributed by atoms with E-state index in [-0.39, 0.29) is 24.3 Å². The van der Waals surface area contributed by atoms with E-state index in [0.29, 0.717) is 32.5 Å². The minimum atomic E-state index is -0.929. The van der Waals surface area contributed by atoms with Crippen LogP contribution >= 0.6 is 0 Å². The van der Waals surface area contributed by atoms with Gasteiger partial charge in [0.15, 0.2) is 0 Å². The van der Waals surface area contributed by atoms with Gasteiger partial charge in [-0.05, 0) is 45.4 Å². The Bertz CT molecular complexity index is 701. The van der Waals surface area contributed by atoms with Crippen molar-refractivity contribution in [3.05, 3.63) is 0 Å². The lowest BCUT2D eigenvalue weighted by molar-refractivity contribution is -0.146. The average Bonchev–Trinajstić information content (AvgIpc) is 3.33. The van der Waals surface area contributed by atoms with Crippen molar-refractivity contribution >= 4 is 17.7 Å². The van der Waals surface area contributed by atoms with Gasteiger partial charge in [0.25, 0.3) is 0 Å². The molecule has 2 unspecified atom stereocenters. The summed E-state index contributed by atoms with van der Waals surface area (Å²) in [5.74, 6) is -1.60. The minimum Gasteiger partial charge on any atom is -0.396 e. The third-order valence-electron chi connectivity index (χ3n) is 7.49. The highest BCUT2D eigenvalue weighted by molar-refractivity contribution is 5.99. The number of carbonyl (C=O) groups is 3. The molecule has 3 aliphatic heterocycles. The number of likely N-dealkylation sites (tertiary alicyclic amines) is 1. The molecule has 3 heterocycles. The van der Waals surface area contributed by atoms with Gasteiger partial charge in [-0.15, -0.1) is 0 Å². The highest BCUT2D eigenvalue weighted by atomic mass is 16.5. The van der Waals surface area contributed by atoms with Crippen LogP contribution in [0.25, 0.3) is 0 Å². The summed E-state index contributed by atoms with van der Waals surface area (Å²) in [6.45, 7) is 7.76. The Morgan fingerprint density at radius 1 is 1.03 bits per heavy atom. The van der Waals surface area contributed by atoms with Gasteiger partial charge in [-0.2, -0.15) is 0 Å². The molecule has 32 heavy (non-hydrogen) atoms. The molecule has 1 spiro atoms. The van der Waals surface area contributed by atoms with E-state index in [1.807, 2.05) is 13.8 Å². The van der Waals surface area contributed by atoms with E-state index in [4.69, 9.17) is 9.84 Å². The molecule has 3 amide bonds. The highest BCUT2D eigenvalue weighted by Gasteiger charge is 2.77. The third-order valence-corrected chi connectivity index (χ3v) is 7.49. The largest absolute Gasteiger partial charge is 0.396 e. The van der Waals surface area contributed by atoms with Crippen LogP contribution in [0, 0.1) is 11.8 Å². The predicted molar refractivity (Wildman–Crippen MR) is 121 cm³/mol. The van der Waals surface area contributed by atoms with Crippen LogP contribution < -0.4 is 10.6 Å². The van der Waals surface area contributed by atoms with Gasteiger partial charge in [0.1, 0.15) is 11.6 Å². The number of fused-ring (bicyclic) bond motifs is 1. The molecule has 8 nitrogen and oxygen atoms in total. The first kappa shape index (κ1) is 25.0. The van der Waals surface area contributed by atoms with Crippen molar-refractivity contribution in [1.82, 2.24) is 15.5 Å². The fraction of sp³-hybridized carbons (Fsp3) is 0.875. The maximum Gasteiger partial charge on any atom is 0.245 e. The Morgan fingerprint density at radius 2 is 1.75 bits per heavy atom. The van der Waals surface area contributed by atoms with Crippen molar-refractivity contribution in [1.29, 1.82) is 0 Å². The van der Waals surface area contributed by atoms with Gasteiger partial charge in [-0.25, -0.2) is 0 Å². The SMILES string of the molecule is CCCCNC(=O)C1N(CCCCCCO)C(=O)[C@@H]2[C@H](C(=O)NCCC)[C@]3(C)CCC12O3. The molecule has 0 aromatic carbocycles. The predicted octanol–water partition coefficient (Wildman–Crippen LogP) is 1.75. The van der Waals surface area contributed by atoms with Crippen molar-refractivity contribution in [2.45, 2.75) is 95.8 Å². The number of amides is 3. The second kappa shape index (κ2) is 10.5. The van der Waals surface area contributed by atoms with Crippen LogP contribution in [0.15, 0.2) is 0 Å². The Morgan fingerprint density at radius 3 is 2.44 bits per heavy atom. The normalized spacial score (nSPS) is 32.9. The number of carbonyl (C=O) groups excluding carboxylic acids is 3. The Hall–Kier alpha value is -1.67. The Kier molecular flexibility index (Phi) is 8.20. The molecule has 8 heteroatoms. The van der Waals surface area contributed by atoms with Gasteiger partial charge < -0.3 is 25.4 Å². The van der Waals surface area contributed by atoms with Crippen LogP contribution in [0.5, 0.6) is 0 Å². The quantitative estimate of drug-likeness (QED) is 0.370. The van der Waals surface area contributed by atoms with Gasteiger partial charge in [0.2, 0.25) is 17.7 Å². The van der Waals surface area contributed by atoms with Gasteiger partial charge in [-0.1, -0.05) is 33.1 Å². The summed E-state index contributed by atoms with van der Waals surface area (Å²) in [6.07, 6.45) is 7.23. The number of hydrogen-bond donors (Lipinski definition) is 3. The van der Waals surface area contributed by atoms with Gasteiger partial charge in [0, 0.05) is 26.2 Å². The van der Waals surface area contributed by atoms with Gasteiger partial charge in [0.05, 0.1) is 17.4 Å². The van der Waals surface area contributed by atoms with Crippen LogP contribution in [0.1, 0.15) is 78.6 Å². The summed E-state index contributed by atoms with van der Waals surface area (Å²) < 4.78 is 6.55. The summed E-state index contributed by atoms with van der Waals surface area (Å²) in [5, 5.41) is 15.0. The van der Waals surface area contributed by atoms with Gasteiger partial charge >= 0.3 is 0 Å². The minimum absolute atomic E-state index is 0.122. The summed E-state index contributed by atoms with van der Waals surface area (Å²) in [5.41, 5.74) is -1.64. The molecule has 3 saturated heterocycles. The number of aliphatic hydroxyl groups excluding tert-OH is 1. The lowest BCUT2D eigenvalue weighted by Gasteiger charge is -2.33. The summed E-state index contributed by atoms with van der Waals surface area (Å²) in [6, 6.07) is -0.694. The third kappa shape index (κ3) is 4.40. The Labute approximate surface area is 191 Å². The fourth-order valence-corrected chi connectivity index (χ4v) is 5.96. The molecule has 3 rings (SSSR count). The van der Waals surface area contributed by atoms with Crippen molar-refractivity contribution in [2.75, 3.05) is 26.2 Å². The number of ether oxygens (including phenoxy) is 1. The molecule has 3 fully saturated rings. The standard InChI is InChI=1S/C24H41N3O5/c1-4-6-14-26-21(30)19-24-12-11-23(3,32-24)17(20(29)25-13-5-2)18(24)22(31)27(19)15-9-7-8-10-16-28/h17-19,28H,4-16H2,1-3H3,(H,25,29)(H,26,30)/t17-,18+,19?,23+,24?/m1/s1. The first-order valence-electron chi connectivity index (χ1n) is 12.5. The molecule has 0 radical (unpaired) electrons. The van der Waals surface area contributed by atoms with Gasteiger partial charge in [-0.3, -0.25) is 14.4 Å². The average molecular weight is 452 g/mol. The molecule has 0 aliphatic carbocycles. The van der Waals surface area contributed by atoms with E-state index < -0.39 is 29.1 Å². The molecule has 0 aromatic rings. The van der Waals surface area contributed by atoms with E-state index >= 15 is 0 Å². The molecule has 2 bridgehead atoms. The number of aliphatic hydroxyl groups is 1. The Balaban J connectivity index is 1.86. The number of hydrogen-bond acceptors (Lipinski definition) is 5. The molecule has 182 valence electrons. The summed E-state index contributed by atoms with van der Waals surface area (Å²) >= 11 is 0. The number of unbranched alkanes of at least 4 members (excludes halogenated alkanes) is 4. The molecule has 0 saturated carbocycles. The molecular formula is C24H41N3O5. The zero-order valence-corrected chi connectivity index (χ0v) is 20.0. The highest BCUT2D eigenvalue weighted by Crippen LogP contribution is 2.63. The molecule has 0 aromatic heterocycles. The second-order valence-electron chi connectivity index (χ2n) is 9.83. The summed E-state index contributed by atoms with van der Waals surface area (Å²) in [7, 11) is 0. The maximum atomic E-state index is 13.7. The lowest BCUT2D eigenvalue weighted by atomic mass is 9.66. The topological polar surface area (TPSA) is 108 Å². The lowest BCUT2D eigenvalue weighted by Crippen LogP contribution is -2.55. The van der Waals surface area contributed by atoms with Crippen molar-refractivity contribution in [2.24, 2.45) is 11.8 Å². The van der Waals surface area contributed by atoms with Crippen molar-refractivity contribution in [3.8, 4) is 0 Å². The zero-order valence-electron chi connectivity index (χ0n) is 20.0. The number of nitrogens with one attached hydrogen (secondary N) is 2. The van der Waals surface area contributed by atoms with Crippen LogP contribution in [0.2, 0.25) is 0 Å². The van der Waals surface area contributed by atoms with Crippen molar-refractivity contribution in [3.63, 3.8) is 0 Å². The smallest absolute Gasteiger partial charge is 0.245 e. The number of nitrogens with zero attached hydrogens (tertiary/aromatic N) is 1. The van der Waals surface area contributed by atoms with Crippen LogP contribution in [-0.4, -0.2) is 71.2 Å². The molecule has 3 aliphatic rings. The first-order chi connectivity index (χ1) is 15.4. The molecule has 3 N–H and O–H groups in total. The van der Waals surface area contributed by atoms with E-state index in [2.05, 4.69) is 17.6 Å². The summed E-state index contributed by atoms with van der Waals surface area (Å²) in [4.78, 5) is 41.9. The van der Waals surface area contributed by atoms with E-state index in [1.165, 1.54) is 0 Å². The van der Waals surface area contributed by atoms with E-state index in [1.54, 1.807) is 4.90 Å². The van der Waals surface area contributed by atoms with E-state index in [9.17, 15) is 14.4 Å². The van der Waals surface area contributed by atoms with Crippen LogP contribution in [0.4, 0.5) is 0 Å². The second-order valence-corrected chi connectivity index (χ2v) is 9.83. The van der Waals surface area contributed by atoms with Crippen LogP contribution in [0.3, 0.4) is 0 Å². The van der Waals surface area contributed by atoms with Crippen LogP contribution in [-0.2, 0) is 19.1 Å². The molecule has 5 atom stereocenters. The van der Waals surface area contributed by atoms with E-state index in [0.717, 1.165) is 44.9 Å². The number of rotatable bonds is 13. The first-order valence-corrected chi connectivity index (χ1v) is 12.5. The maximum absolute atomic E-state index is 13.7. The zero-order chi connectivity index (χ0) is 23.4. The fourth-order valence-electron chi connectivity index (χ4n) is 5.96. The monoisotopic (exact) mass is 451 g/mol.